The molecule has 0 spiro atoms. The van der Waals surface area contributed by atoms with E-state index in [1.54, 1.807) is 18.5 Å². The number of allylic oxidation sites excluding steroid dienone is 3. The standard InChI is InChI=1S/C18H18N2O/c1-2-3-5-10-17(21)20-18(15-8-6-4-7-9-15)16-11-13-19-14-12-16/h2-14,18H,1H3,(H,20,21)/b3-2+,10-5-/t18-/m0/s1. The zero-order valence-corrected chi connectivity index (χ0v) is 11.9. The van der Waals surface area contributed by atoms with Crippen LogP contribution >= 0.6 is 0 Å². The number of benzene rings is 1. The minimum Gasteiger partial charge on any atom is -0.342 e. The molecule has 3 nitrogen and oxygen atoms in total. The van der Waals surface area contributed by atoms with Crippen molar-refractivity contribution in [3.8, 4) is 0 Å². The van der Waals surface area contributed by atoms with E-state index in [4.69, 9.17) is 0 Å². The lowest BCUT2D eigenvalue weighted by Crippen LogP contribution is -2.27. The van der Waals surface area contributed by atoms with Gasteiger partial charge in [0.05, 0.1) is 6.04 Å². The number of amides is 1. The summed E-state index contributed by atoms with van der Waals surface area (Å²) in [5.41, 5.74) is 2.04. The predicted molar refractivity (Wildman–Crippen MR) is 84.6 cm³/mol. The Morgan fingerprint density at radius 2 is 1.71 bits per heavy atom. The molecule has 0 unspecified atom stereocenters. The third kappa shape index (κ3) is 4.42. The van der Waals surface area contributed by atoms with Gasteiger partial charge >= 0.3 is 0 Å². The van der Waals surface area contributed by atoms with Crippen molar-refractivity contribution in [2.75, 3.05) is 0 Å². The van der Waals surface area contributed by atoms with Crippen LogP contribution in [0, 0.1) is 0 Å². The van der Waals surface area contributed by atoms with E-state index in [1.165, 1.54) is 6.08 Å². The summed E-state index contributed by atoms with van der Waals surface area (Å²) in [6.45, 7) is 1.91. The summed E-state index contributed by atoms with van der Waals surface area (Å²) in [6.07, 6.45) is 10.4. The molecular formula is C18H18N2O. The van der Waals surface area contributed by atoms with Crippen molar-refractivity contribution < 1.29 is 4.79 Å². The molecule has 2 rings (SSSR count). The number of aromatic nitrogens is 1. The molecule has 1 N–H and O–H groups in total. The maximum Gasteiger partial charge on any atom is 0.244 e. The van der Waals surface area contributed by atoms with E-state index in [-0.39, 0.29) is 11.9 Å². The van der Waals surface area contributed by atoms with Crippen LogP contribution in [0.25, 0.3) is 0 Å². The molecule has 0 aliphatic heterocycles. The first kappa shape index (κ1) is 14.7. The molecule has 1 atom stereocenters. The van der Waals surface area contributed by atoms with Gasteiger partial charge in [0, 0.05) is 18.5 Å². The van der Waals surface area contributed by atoms with Crippen molar-refractivity contribution in [3.63, 3.8) is 0 Å². The Morgan fingerprint density at radius 1 is 1.05 bits per heavy atom. The summed E-state index contributed by atoms with van der Waals surface area (Å²) in [6, 6.07) is 13.5. The van der Waals surface area contributed by atoms with Crippen LogP contribution in [0.4, 0.5) is 0 Å². The van der Waals surface area contributed by atoms with Crippen LogP contribution < -0.4 is 5.32 Å². The van der Waals surface area contributed by atoms with Crippen molar-refractivity contribution in [1.29, 1.82) is 0 Å². The van der Waals surface area contributed by atoms with E-state index >= 15 is 0 Å². The van der Waals surface area contributed by atoms with Gasteiger partial charge in [-0.3, -0.25) is 9.78 Å². The number of pyridine rings is 1. The van der Waals surface area contributed by atoms with E-state index in [2.05, 4.69) is 10.3 Å². The predicted octanol–water partition coefficient (Wildman–Crippen LogP) is 3.42. The minimum atomic E-state index is -0.183. The van der Waals surface area contributed by atoms with Gasteiger partial charge in [0.1, 0.15) is 0 Å². The van der Waals surface area contributed by atoms with Gasteiger partial charge in [-0.05, 0) is 30.2 Å². The summed E-state index contributed by atoms with van der Waals surface area (Å²) in [7, 11) is 0. The molecule has 0 saturated heterocycles. The van der Waals surface area contributed by atoms with Crippen LogP contribution in [-0.2, 0) is 4.79 Å². The fraction of sp³-hybridized carbons (Fsp3) is 0.111. The van der Waals surface area contributed by atoms with Crippen molar-refractivity contribution in [2.24, 2.45) is 0 Å². The number of carbonyl (C=O) groups excluding carboxylic acids is 1. The number of rotatable bonds is 5. The molecule has 1 heterocycles. The molecular weight excluding hydrogens is 260 g/mol. The fourth-order valence-corrected chi connectivity index (χ4v) is 2.00. The molecule has 1 amide bonds. The average Bonchev–Trinajstić information content (AvgIpc) is 2.54. The van der Waals surface area contributed by atoms with E-state index in [1.807, 2.05) is 61.5 Å². The number of nitrogens with one attached hydrogen (secondary N) is 1. The second-order valence-corrected chi connectivity index (χ2v) is 4.52. The summed E-state index contributed by atoms with van der Waals surface area (Å²) < 4.78 is 0. The van der Waals surface area contributed by atoms with Gasteiger partial charge in [0.15, 0.2) is 0 Å². The second kappa shape index (κ2) is 7.80. The van der Waals surface area contributed by atoms with Gasteiger partial charge < -0.3 is 5.32 Å². The molecule has 0 saturated carbocycles. The molecule has 0 bridgehead atoms. The highest BCUT2D eigenvalue weighted by Crippen LogP contribution is 2.21. The highest BCUT2D eigenvalue weighted by Gasteiger charge is 2.15. The number of hydrogen-bond donors (Lipinski definition) is 1. The Hall–Kier alpha value is -2.68. The first-order valence-electron chi connectivity index (χ1n) is 6.86. The Labute approximate surface area is 125 Å². The van der Waals surface area contributed by atoms with Crippen molar-refractivity contribution in [3.05, 3.63) is 90.3 Å². The van der Waals surface area contributed by atoms with E-state index < -0.39 is 0 Å². The average molecular weight is 278 g/mol. The summed E-state index contributed by atoms with van der Waals surface area (Å²) in [5.74, 6) is -0.126. The number of carbonyl (C=O) groups is 1. The summed E-state index contributed by atoms with van der Waals surface area (Å²) >= 11 is 0. The van der Waals surface area contributed by atoms with Crippen LogP contribution in [0.2, 0.25) is 0 Å². The molecule has 0 radical (unpaired) electrons. The molecule has 3 heteroatoms. The Kier molecular flexibility index (Phi) is 5.47. The van der Waals surface area contributed by atoms with Crippen molar-refractivity contribution >= 4 is 5.91 Å². The molecule has 1 aromatic carbocycles. The maximum atomic E-state index is 12.0. The monoisotopic (exact) mass is 278 g/mol. The van der Waals surface area contributed by atoms with Gasteiger partial charge in [0.25, 0.3) is 0 Å². The summed E-state index contributed by atoms with van der Waals surface area (Å²) in [5, 5.41) is 3.02. The first-order chi connectivity index (χ1) is 10.3. The topological polar surface area (TPSA) is 42.0 Å². The third-order valence-corrected chi connectivity index (χ3v) is 3.01. The van der Waals surface area contributed by atoms with E-state index in [9.17, 15) is 4.79 Å². The third-order valence-electron chi connectivity index (χ3n) is 3.01. The first-order valence-corrected chi connectivity index (χ1v) is 6.86. The molecule has 0 aliphatic carbocycles. The highest BCUT2D eigenvalue weighted by molar-refractivity contribution is 5.88. The Balaban J connectivity index is 2.23. The smallest absolute Gasteiger partial charge is 0.244 e. The van der Waals surface area contributed by atoms with Crippen LogP contribution in [-0.4, -0.2) is 10.9 Å². The van der Waals surface area contributed by atoms with Crippen LogP contribution in [0.15, 0.2) is 79.2 Å². The fourth-order valence-electron chi connectivity index (χ4n) is 2.00. The second-order valence-electron chi connectivity index (χ2n) is 4.52. The van der Waals surface area contributed by atoms with Crippen molar-refractivity contribution in [1.82, 2.24) is 10.3 Å². The quantitative estimate of drug-likeness (QED) is 0.672. The van der Waals surface area contributed by atoms with Gasteiger partial charge in [-0.2, -0.15) is 0 Å². The largest absolute Gasteiger partial charge is 0.342 e. The lowest BCUT2D eigenvalue weighted by atomic mass is 9.99. The lowest BCUT2D eigenvalue weighted by Gasteiger charge is -2.18. The zero-order valence-electron chi connectivity index (χ0n) is 11.9. The molecule has 0 aliphatic rings. The van der Waals surface area contributed by atoms with Gasteiger partial charge in [-0.25, -0.2) is 0 Å². The van der Waals surface area contributed by atoms with Crippen molar-refractivity contribution in [2.45, 2.75) is 13.0 Å². The molecule has 21 heavy (non-hydrogen) atoms. The minimum absolute atomic E-state index is 0.126. The summed E-state index contributed by atoms with van der Waals surface area (Å²) in [4.78, 5) is 16.1. The Morgan fingerprint density at radius 3 is 2.38 bits per heavy atom. The van der Waals surface area contributed by atoms with Crippen LogP contribution in [0.3, 0.4) is 0 Å². The molecule has 2 aromatic rings. The normalized spacial score (nSPS) is 12.6. The molecule has 0 fully saturated rings. The lowest BCUT2D eigenvalue weighted by molar-refractivity contribution is -0.117. The van der Waals surface area contributed by atoms with E-state index in [0.29, 0.717) is 0 Å². The maximum absolute atomic E-state index is 12.0. The van der Waals surface area contributed by atoms with E-state index in [0.717, 1.165) is 11.1 Å². The van der Waals surface area contributed by atoms with Gasteiger partial charge in [-0.1, -0.05) is 48.6 Å². The number of hydrogen-bond acceptors (Lipinski definition) is 2. The number of nitrogens with zero attached hydrogens (tertiary/aromatic N) is 1. The highest BCUT2D eigenvalue weighted by atomic mass is 16.1. The van der Waals surface area contributed by atoms with Crippen LogP contribution in [0.5, 0.6) is 0 Å². The zero-order chi connectivity index (χ0) is 14.9. The van der Waals surface area contributed by atoms with Gasteiger partial charge in [0.2, 0.25) is 5.91 Å². The SMILES string of the molecule is C/C=C/C=C\C(=O)N[C@@H](c1ccccc1)c1ccncc1. The van der Waals surface area contributed by atoms with Crippen LogP contribution in [0.1, 0.15) is 24.1 Å². The molecule has 106 valence electrons. The van der Waals surface area contributed by atoms with Gasteiger partial charge in [-0.15, -0.1) is 0 Å². The molecule has 1 aromatic heterocycles. The Bertz CT molecular complexity index is 579.